The van der Waals surface area contributed by atoms with E-state index in [1.54, 1.807) is 6.07 Å². The molecule has 0 aliphatic rings. The van der Waals surface area contributed by atoms with Gasteiger partial charge in [-0.25, -0.2) is 13.4 Å². The van der Waals surface area contributed by atoms with Gasteiger partial charge in [-0.05, 0) is 31.7 Å². The lowest BCUT2D eigenvalue weighted by molar-refractivity contribution is 0.595. The molecule has 0 saturated carbocycles. The van der Waals surface area contributed by atoms with E-state index in [4.69, 9.17) is 0 Å². The van der Waals surface area contributed by atoms with Gasteiger partial charge in [0.25, 0.3) is 0 Å². The second-order valence-corrected chi connectivity index (χ2v) is 8.80. The van der Waals surface area contributed by atoms with Gasteiger partial charge in [-0.2, -0.15) is 0 Å². The van der Waals surface area contributed by atoms with Crippen molar-refractivity contribution in [3.05, 3.63) is 70.0 Å². The summed E-state index contributed by atoms with van der Waals surface area (Å²) in [5, 5.41) is 5.92. The Morgan fingerprint density at radius 3 is 2.60 bits per heavy atom. The van der Waals surface area contributed by atoms with Crippen molar-refractivity contribution >= 4 is 21.2 Å². The molecule has 3 rings (SSSR count). The fraction of sp³-hybridized carbons (Fsp3) is 0.211. The minimum Gasteiger partial charge on any atom is -0.314 e. The standard InChI is InChI=1S/C19H20N2O2S2/c1-14-8-9-18(25(22,23)13-15-6-4-3-5-7-15)16(10-14)17-12-24-19(21-17)11-20-2/h3-10,12,20H,11,13H2,1-2H3. The lowest BCUT2D eigenvalue weighted by Gasteiger charge is -2.10. The van der Waals surface area contributed by atoms with Crippen LogP contribution in [0.15, 0.2) is 58.8 Å². The zero-order chi connectivity index (χ0) is 17.9. The lowest BCUT2D eigenvalue weighted by Crippen LogP contribution is -2.07. The third-order valence-electron chi connectivity index (χ3n) is 3.83. The molecule has 4 nitrogen and oxygen atoms in total. The van der Waals surface area contributed by atoms with Crippen LogP contribution < -0.4 is 5.32 Å². The van der Waals surface area contributed by atoms with E-state index < -0.39 is 9.84 Å². The molecule has 0 radical (unpaired) electrons. The first kappa shape index (κ1) is 17.8. The minimum atomic E-state index is -3.46. The fourth-order valence-corrected chi connectivity index (χ4v) is 5.02. The maximum absolute atomic E-state index is 13.0. The summed E-state index contributed by atoms with van der Waals surface area (Å²) in [6, 6.07) is 14.7. The Bertz CT molecular complexity index is 964. The molecule has 0 atom stereocenters. The maximum Gasteiger partial charge on any atom is 0.183 e. The molecule has 3 aromatic rings. The topological polar surface area (TPSA) is 59.1 Å². The Morgan fingerprint density at radius 2 is 1.88 bits per heavy atom. The molecule has 1 heterocycles. The zero-order valence-corrected chi connectivity index (χ0v) is 15.8. The first-order valence-corrected chi connectivity index (χ1v) is 10.5. The Hall–Kier alpha value is -2.02. The number of hydrogen-bond acceptors (Lipinski definition) is 5. The maximum atomic E-state index is 13.0. The summed E-state index contributed by atoms with van der Waals surface area (Å²) in [6.07, 6.45) is 0. The van der Waals surface area contributed by atoms with E-state index in [0.29, 0.717) is 22.7 Å². The molecule has 6 heteroatoms. The fourth-order valence-electron chi connectivity index (χ4n) is 2.65. The van der Waals surface area contributed by atoms with Crippen LogP contribution in [0, 0.1) is 6.92 Å². The van der Waals surface area contributed by atoms with E-state index in [1.165, 1.54) is 11.3 Å². The van der Waals surface area contributed by atoms with Crippen molar-refractivity contribution < 1.29 is 8.42 Å². The SMILES string of the molecule is CNCc1nc(-c2cc(C)ccc2S(=O)(=O)Cc2ccccc2)cs1. The van der Waals surface area contributed by atoms with Gasteiger partial charge in [0.15, 0.2) is 9.84 Å². The molecule has 0 amide bonds. The number of aromatic nitrogens is 1. The third kappa shape index (κ3) is 4.15. The first-order chi connectivity index (χ1) is 12.0. The van der Waals surface area contributed by atoms with Crippen molar-refractivity contribution in [1.82, 2.24) is 10.3 Å². The van der Waals surface area contributed by atoms with Crippen molar-refractivity contribution in [3.63, 3.8) is 0 Å². The highest BCUT2D eigenvalue weighted by Gasteiger charge is 2.21. The van der Waals surface area contributed by atoms with Crippen molar-refractivity contribution in [3.8, 4) is 11.3 Å². The molecule has 130 valence electrons. The summed E-state index contributed by atoms with van der Waals surface area (Å²) < 4.78 is 26.0. The van der Waals surface area contributed by atoms with Crippen LogP contribution in [0.5, 0.6) is 0 Å². The molecule has 1 aromatic heterocycles. The summed E-state index contributed by atoms with van der Waals surface area (Å²) in [5.41, 5.74) is 3.18. The smallest absolute Gasteiger partial charge is 0.183 e. The molecular formula is C19H20N2O2S2. The van der Waals surface area contributed by atoms with Crippen molar-refractivity contribution in [2.75, 3.05) is 7.05 Å². The van der Waals surface area contributed by atoms with Crippen LogP contribution in [-0.2, 0) is 22.1 Å². The zero-order valence-electron chi connectivity index (χ0n) is 14.2. The second-order valence-electron chi connectivity index (χ2n) is 5.90. The average Bonchev–Trinajstić information content (AvgIpc) is 3.04. The average molecular weight is 373 g/mol. The van der Waals surface area contributed by atoms with E-state index in [-0.39, 0.29) is 5.75 Å². The predicted molar refractivity (Wildman–Crippen MR) is 102 cm³/mol. The molecule has 0 bridgehead atoms. The molecule has 0 saturated heterocycles. The minimum absolute atomic E-state index is 0.0165. The van der Waals surface area contributed by atoms with E-state index in [9.17, 15) is 8.42 Å². The van der Waals surface area contributed by atoms with Crippen LogP contribution in [0.4, 0.5) is 0 Å². The highest BCUT2D eigenvalue weighted by molar-refractivity contribution is 7.90. The van der Waals surface area contributed by atoms with E-state index in [2.05, 4.69) is 10.3 Å². The van der Waals surface area contributed by atoms with Gasteiger partial charge in [0, 0.05) is 17.5 Å². The number of thiazole rings is 1. The molecule has 0 unspecified atom stereocenters. The summed E-state index contributed by atoms with van der Waals surface area (Å²) in [4.78, 5) is 4.92. The third-order valence-corrected chi connectivity index (χ3v) is 6.41. The molecule has 25 heavy (non-hydrogen) atoms. The summed E-state index contributed by atoms with van der Waals surface area (Å²) in [6.45, 7) is 2.63. The predicted octanol–water partition coefficient (Wildman–Crippen LogP) is 3.81. The van der Waals surface area contributed by atoms with Crippen molar-refractivity contribution in [2.24, 2.45) is 0 Å². The molecular weight excluding hydrogens is 352 g/mol. The van der Waals surface area contributed by atoms with Crippen LogP contribution in [0.2, 0.25) is 0 Å². The van der Waals surface area contributed by atoms with Gasteiger partial charge in [0.1, 0.15) is 5.01 Å². The summed E-state index contributed by atoms with van der Waals surface area (Å²) >= 11 is 1.53. The Labute approximate surface area is 152 Å². The van der Waals surface area contributed by atoms with Crippen LogP contribution >= 0.6 is 11.3 Å². The van der Waals surface area contributed by atoms with E-state index in [0.717, 1.165) is 16.1 Å². The number of benzene rings is 2. The van der Waals surface area contributed by atoms with Crippen LogP contribution in [0.3, 0.4) is 0 Å². The van der Waals surface area contributed by atoms with Crippen LogP contribution in [-0.4, -0.2) is 20.4 Å². The monoisotopic (exact) mass is 372 g/mol. The normalized spacial score (nSPS) is 11.6. The van der Waals surface area contributed by atoms with Crippen molar-refractivity contribution in [2.45, 2.75) is 24.1 Å². The number of rotatable bonds is 6. The van der Waals surface area contributed by atoms with Gasteiger partial charge >= 0.3 is 0 Å². The molecule has 0 aliphatic heterocycles. The van der Waals surface area contributed by atoms with E-state index >= 15 is 0 Å². The van der Waals surface area contributed by atoms with E-state index in [1.807, 2.05) is 61.8 Å². The number of nitrogens with zero attached hydrogens (tertiary/aromatic N) is 1. The molecule has 0 aliphatic carbocycles. The number of hydrogen-bond donors (Lipinski definition) is 1. The summed E-state index contributed by atoms with van der Waals surface area (Å²) in [7, 11) is -1.60. The van der Waals surface area contributed by atoms with Gasteiger partial charge in [-0.3, -0.25) is 0 Å². The molecule has 0 fully saturated rings. The largest absolute Gasteiger partial charge is 0.314 e. The Balaban J connectivity index is 2.04. The van der Waals surface area contributed by atoms with Crippen LogP contribution in [0.1, 0.15) is 16.1 Å². The van der Waals surface area contributed by atoms with Crippen molar-refractivity contribution in [1.29, 1.82) is 0 Å². The lowest BCUT2D eigenvalue weighted by atomic mass is 10.1. The summed E-state index contributed by atoms with van der Waals surface area (Å²) in [5.74, 6) is -0.0165. The van der Waals surface area contributed by atoms with Gasteiger partial charge in [-0.15, -0.1) is 11.3 Å². The number of nitrogens with one attached hydrogen (secondary N) is 1. The molecule has 2 aromatic carbocycles. The second kappa shape index (κ2) is 7.47. The number of sulfone groups is 1. The first-order valence-electron chi connectivity index (χ1n) is 7.96. The number of aryl methyl sites for hydroxylation is 1. The van der Waals surface area contributed by atoms with Gasteiger partial charge < -0.3 is 5.32 Å². The highest BCUT2D eigenvalue weighted by Crippen LogP contribution is 2.31. The van der Waals surface area contributed by atoms with Gasteiger partial charge in [0.05, 0.1) is 16.3 Å². The molecule has 0 spiro atoms. The quantitative estimate of drug-likeness (QED) is 0.715. The molecule has 1 N–H and O–H groups in total. The Morgan fingerprint density at radius 1 is 1.12 bits per heavy atom. The van der Waals surface area contributed by atoms with Crippen LogP contribution in [0.25, 0.3) is 11.3 Å². The van der Waals surface area contributed by atoms with Gasteiger partial charge in [-0.1, -0.05) is 42.0 Å². The Kier molecular flexibility index (Phi) is 5.32. The van der Waals surface area contributed by atoms with Gasteiger partial charge in [0.2, 0.25) is 0 Å². The highest BCUT2D eigenvalue weighted by atomic mass is 32.2.